The number of methoxy groups -OCH3 is 1. The summed E-state index contributed by atoms with van der Waals surface area (Å²) in [5, 5.41) is 2.89. The molecule has 0 radical (unpaired) electrons. The van der Waals surface area contributed by atoms with Crippen LogP contribution in [-0.2, 0) is 14.8 Å². The average Bonchev–Trinajstić information content (AvgIpc) is 2.65. The van der Waals surface area contributed by atoms with Gasteiger partial charge in [0, 0.05) is 0 Å². The van der Waals surface area contributed by atoms with Crippen LogP contribution < -0.4 is 14.4 Å². The summed E-state index contributed by atoms with van der Waals surface area (Å²) in [5.41, 5.74) is 0.722. The molecule has 0 aliphatic heterocycles. The fourth-order valence-corrected chi connectivity index (χ4v) is 3.85. The number of para-hydroxylation sites is 1. The first-order valence-electron chi connectivity index (χ1n) is 9.27. The fraction of sp³-hybridized carbons (Fsp3) is 0.381. The molecule has 1 atom stereocenters. The SMILES string of the molecule is COc1ccc(C(CC(C)C)NC(=O)CN(c2ccccc2F)S(C)(=O)=O)cc1. The molecule has 1 amide bonds. The van der Waals surface area contributed by atoms with Crippen molar-refractivity contribution >= 4 is 21.6 Å². The molecule has 0 saturated carbocycles. The number of carbonyl (C=O) groups excluding carboxylic acids is 1. The number of amides is 1. The second-order valence-electron chi connectivity index (χ2n) is 7.24. The molecule has 2 aromatic carbocycles. The van der Waals surface area contributed by atoms with Crippen molar-refractivity contribution in [3.63, 3.8) is 0 Å². The zero-order valence-electron chi connectivity index (χ0n) is 17.1. The van der Waals surface area contributed by atoms with Crippen molar-refractivity contribution in [1.29, 1.82) is 0 Å². The van der Waals surface area contributed by atoms with Crippen molar-refractivity contribution in [2.24, 2.45) is 5.92 Å². The van der Waals surface area contributed by atoms with E-state index in [1.807, 2.05) is 26.0 Å². The lowest BCUT2D eigenvalue weighted by molar-refractivity contribution is -0.120. The monoisotopic (exact) mass is 422 g/mol. The van der Waals surface area contributed by atoms with Crippen molar-refractivity contribution in [3.05, 3.63) is 59.9 Å². The summed E-state index contributed by atoms with van der Waals surface area (Å²) in [6.07, 6.45) is 1.61. The predicted octanol–water partition coefficient (Wildman–Crippen LogP) is 3.50. The Hall–Kier alpha value is -2.61. The molecule has 0 aromatic heterocycles. The largest absolute Gasteiger partial charge is 0.497 e. The molecule has 1 unspecified atom stereocenters. The van der Waals surface area contributed by atoms with Gasteiger partial charge in [-0.1, -0.05) is 38.1 Å². The summed E-state index contributed by atoms with van der Waals surface area (Å²) in [7, 11) is -2.28. The maximum absolute atomic E-state index is 14.1. The van der Waals surface area contributed by atoms with E-state index in [9.17, 15) is 17.6 Å². The Morgan fingerprint density at radius 3 is 2.28 bits per heavy atom. The van der Waals surface area contributed by atoms with E-state index >= 15 is 0 Å². The molecule has 2 aromatic rings. The van der Waals surface area contributed by atoms with Crippen LogP contribution >= 0.6 is 0 Å². The molecular weight excluding hydrogens is 395 g/mol. The third-order valence-corrected chi connectivity index (χ3v) is 5.50. The van der Waals surface area contributed by atoms with Crippen LogP contribution in [0, 0.1) is 11.7 Å². The van der Waals surface area contributed by atoms with Gasteiger partial charge in [0.2, 0.25) is 15.9 Å². The number of carbonyl (C=O) groups is 1. The second kappa shape index (κ2) is 9.73. The Morgan fingerprint density at radius 1 is 1.14 bits per heavy atom. The number of halogens is 1. The molecule has 0 aliphatic carbocycles. The Balaban J connectivity index is 2.23. The van der Waals surface area contributed by atoms with Crippen LogP contribution in [0.15, 0.2) is 48.5 Å². The van der Waals surface area contributed by atoms with Gasteiger partial charge in [-0.05, 0) is 42.2 Å². The molecule has 8 heteroatoms. The molecule has 6 nitrogen and oxygen atoms in total. The smallest absolute Gasteiger partial charge is 0.241 e. The summed E-state index contributed by atoms with van der Waals surface area (Å²) in [5.74, 6) is -0.231. The Bertz CT molecular complexity index is 930. The van der Waals surface area contributed by atoms with Gasteiger partial charge in [0.15, 0.2) is 0 Å². The molecule has 0 bridgehead atoms. The quantitative estimate of drug-likeness (QED) is 0.671. The van der Waals surface area contributed by atoms with E-state index in [1.54, 1.807) is 19.2 Å². The van der Waals surface area contributed by atoms with E-state index in [1.165, 1.54) is 18.2 Å². The van der Waals surface area contributed by atoms with Crippen LogP contribution in [0.2, 0.25) is 0 Å². The molecule has 0 heterocycles. The van der Waals surface area contributed by atoms with E-state index in [0.717, 1.165) is 22.2 Å². The van der Waals surface area contributed by atoms with Gasteiger partial charge in [-0.25, -0.2) is 12.8 Å². The van der Waals surface area contributed by atoms with Gasteiger partial charge >= 0.3 is 0 Å². The molecule has 0 spiro atoms. The highest BCUT2D eigenvalue weighted by atomic mass is 32.2. The Labute approximate surface area is 171 Å². The number of benzene rings is 2. The highest BCUT2D eigenvalue weighted by molar-refractivity contribution is 7.92. The number of nitrogens with one attached hydrogen (secondary N) is 1. The lowest BCUT2D eigenvalue weighted by Gasteiger charge is -2.25. The maximum atomic E-state index is 14.1. The Morgan fingerprint density at radius 2 is 1.76 bits per heavy atom. The first kappa shape index (κ1) is 22.7. The van der Waals surface area contributed by atoms with Gasteiger partial charge in [0.1, 0.15) is 18.1 Å². The molecule has 0 fully saturated rings. The standard InChI is InChI=1S/C21H27FN2O4S/c1-15(2)13-19(16-9-11-17(28-3)12-10-16)23-21(25)14-24(29(4,26)27)20-8-6-5-7-18(20)22/h5-12,15,19H,13-14H2,1-4H3,(H,23,25). The lowest BCUT2D eigenvalue weighted by atomic mass is 9.97. The molecule has 2 rings (SSSR count). The fourth-order valence-electron chi connectivity index (χ4n) is 2.99. The lowest BCUT2D eigenvalue weighted by Crippen LogP contribution is -2.42. The predicted molar refractivity (Wildman–Crippen MR) is 112 cm³/mol. The second-order valence-corrected chi connectivity index (χ2v) is 9.15. The number of ether oxygens (including phenoxy) is 1. The van der Waals surface area contributed by atoms with Gasteiger partial charge in [0.05, 0.1) is 25.1 Å². The van der Waals surface area contributed by atoms with Crippen LogP contribution in [0.1, 0.15) is 31.9 Å². The minimum atomic E-state index is -3.85. The number of sulfonamides is 1. The minimum absolute atomic E-state index is 0.157. The highest BCUT2D eigenvalue weighted by Crippen LogP contribution is 2.25. The summed E-state index contributed by atoms with van der Waals surface area (Å²) in [6, 6.07) is 12.5. The van der Waals surface area contributed by atoms with Crippen LogP contribution in [0.3, 0.4) is 0 Å². The molecule has 0 saturated heterocycles. The highest BCUT2D eigenvalue weighted by Gasteiger charge is 2.25. The van der Waals surface area contributed by atoms with Crippen molar-refractivity contribution in [2.75, 3.05) is 24.2 Å². The third-order valence-electron chi connectivity index (χ3n) is 4.37. The number of hydrogen-bond acceptors (Lipinski definition) is 4. The van der Waals surface area contributed by atoms with E-state index in [4.69, 9.17) is 4.74 Å². The molecule has 1 N–H and O–H groups in total. The summed E-state index contributed by atoms with van der Waals surface area (Å²) in [4.78, 5) is 12.7. The van der Waals surface area contributed by atoms with Gasteiger partial charge in [-0.3, -0.25) is 9.10 Å². The van der Waals surface area contributed by atoms with Crippen LogP contribution in [0.5, 0.6) is 5.75 Å². The molecule has 29 heavy (non-hydrogen) atoms. The number of nitrogens with zero attached hydrogens (tertiary/aromatic N) is 1. The van der Waals surface area contributed by atoms with E-state index in [2.05, 4.69) is 5.32 Å². The number of anilines is 1. The summed E-state index contributed by atoms with van der Waals surface area (Å²) < 4.78 is 44.5. The Kier molecular flexibility index (Phi) is 7.61. The van der Waals surface area contributed by atoms with Crippen LogP contribution in [0.4, 0.5) is 10.1 Å². The average molecular weight is 423 g/mol. The topological polar surface area (TPSA) is 75.7 Å². The van der Waals surface area contributed by atoms with E-state index < -0.39 is 28.3 Å². The number of rotatable bonds is 9. The normalized spacial score (nSPS) is 12.5. The zero-order chi connectivity index (χ0) is 21.6. The van der Waals surface area contributed by atoms with Gasteiger partial charge in [-0.2, -0.15) is 0 Å². The van der Waals surface area contributed by atoms with Crippen molar-refractivity contribution in [3.8, 4) is 5.75 Å². The molecule has 0 aliphatic rings. The van der Waals surface area contributed by atoms with Gasteiger partial charge < -0.3 is 10.1 Å². The molecular formula is C21H27FN2O4S. The number of hydrogen-bond donors (Lipinski definition) is 1. The minimum Gasteiger partial charge on any atom is -0.497 e. The molecule has 158 valence electrons. The third kappa shape index (κ3) is 6.45. The zero-order valence-corrected chi connectivity index (χ0v) is 17.9. The summed E-state index contributed by atoms with van der Waals surface area (Å²) >= 11 is 0. The summed E-state index contributed by atoms with van der Waals surface area (Å²) in [6.45, 7) is 3.56. The first-order chi connectivity index (χ1) is 13.6. The van der Waals surface area contributed by atoms with Gasteiger partial charge in [0.25, 0.3) is 0 Å². The van der Waals surface area contributed by atoms with Crippen molar-refractivity contribution in [1.82, 2.24) is 5.32 Å². The first-order valence-corrected chi connectivity index (χ1v) is 11.1. The van der Waals surface area contributed by atoms with E-state index in [-0.39, 0.29) is 11.7 Å². The van der Waals surface area contributed by atoms with Crippen molar-refractivity contribution in [2.45, 2.75) is 26.3 Å². The maximum Gasteiger partial charge on any atom is 0.241 e. The van der Waals surface area contributed by atoms with Crippen LogP contribution in [0.25, 0.3) is 0 Å². The van der Waals surface area contributed by atoms with Gasteiger partial charge in [-0.15, -0.1) is 0 Å². The van der Waals surface area contributed by atoms with E-state index in [0.29, 0.717) is 18.1 Å². The van der Waals surface area contributed by atoms with Crippen molar-refractivity contribution < 1.29 is 22.3 Å². The van der Waals surface area contributed by atoms with Crippen LogP contribution in [-0.4, -0.2) is 34.2 Å².